The monoisotopic (exact) mass is 742 g/mol. The van der Waals surface area contributed by atoms with Gasteiger partial charge in [0.05, 0.1) is 16.7 Å². The fraction of sp³-hybridized carbons (Fsp3) is 0. The van der Waals surface area contributed by atoms with Gasteiger partial charge in [-0.2, -0.15) is 0 Å². The van der Waals surface area contributed by atoms with Crippen LogP contribution in [0.2, 0.25) is 0 Å². The average Bonchev–Trinajstić information content (AvgIpc) is 3.80. The third kappa shape index (κ3) is 5.03. The van der Waals surface area contributed by atoms with Crippen LogP contribution in [0, 0.1) is 0 Å². The van der Waals surface area contributed by atoms with Crippen molar-refractivity contribution in [2.75, 3.05) is 4.90 Å². The Hall–Kier alpha value is -7.20. The van der Waals surface area contributed by atoms with Crippen molar-refractivity contribution in [3.8, 4) is 16.8 Å². The molecule has 10 aromatic carbocycles. The van der Waals surface area contributed by atoms with E-state index in [4.69, 9.17) is 0 Å². The molecule has 0 unspecified atom stereocenters. The summed E-state index contributed by atoms with van der Waals surface area (Å²) in [5.41, 5.74) is 9.43. The summed E-state index contributed by atoms with van der Waals surface area (Å²) < 4.78 is 4.98. The standard InChI is InChI=1S/C54H34N2S/c1-2-17-38(18-3-1)56-50-24-11-10-22-46(50)48-33-39(26-29-52(48)56)55(40-25-27-47-49-31-36-14-4-5-15-37(36)32-53(49)57-54(47)34-40)51-30-28-44(43-20-8-9-21-45(43)51)42-23-12-16-35-13-6-7-19-41(35)42/h1-34H. The molecule has 0 aliphatic heterocycles. The van der Waals surface area contributed by atoms with Gasteiger partial charge < -0.3 is 9.47 Å². The van der Waals surface area contributed by atoms with E-state index in [1.54, 1.807) is 0 Å². The normalized spacial score (nSPS) is 11.9. The second kappa shape index (κ2) is 12.7. The molecule has 0 N–H and O–H groups in total. The molecule has 12 rings (SSSR count). The number of benzene rings is 10. The summed E-state index contributed by atoms with van der Waals surface area (Å²) in [5.74, 6) is 0. The summed E-state index contributed by atoms with van der Waals surface area (Å²) in [7, 11) is 0. The first kappa shape index (κ1) is 32.1. The van der Waals surface area contributed by atoms with E-state index in [0.29, 0.717) is 0 Å². The molecule has 0 aliphatic rings. The average molecular weight is 743 g/mol. The molecule has 0 aliphatic carbocycles. The molecule has 2 heterocycles. The van der Waals surface area contributed by atoms with Gasteiger partial charge in [-0.3, -0.25) is 0 Å². The summed E-state index contributed by atoms with van der Waals surface area (Å²) in [5, 5.41) is 12.6. The van der Waals surface area contributed by atoms with Crippen LogP contribution in [0.4, 0.5) is 17.1 Å². The maximum Gasteiger partial charge on any atom is 0.0542 e. The third-order valence-electron chi connectivity index (χ3n) is 11.7. The minimum absolute atomic E-state index is 1.12. The molecule has 2 nitrogen and oxygen atoms in total. The van der Waals surface area contributed by atoms with Gasteiger partial charge in [-0.15, -0.1) is 11.3 Å². The summed E-state index contributed by atoms with van der Waals surface area (Å²) in [6, 6.07) is 75.8. The van der Waals surface area contributed by atoms with E-state index >= 15 is 0 Å². The molecule has 0 fully saturated rings. The highest BCUT2D eigenvalue weighted by atomic mass is 32.1. The Kier molecular flexibility index (Phi) is 7.13. The van der Waals surface area contributed by atoms with Gasteiger partial charge >= 0.3 is 0 Å². The number of aromatic nitrogens is 1. The Morgan fingerprint density at radius 3 is 1.81 bits per heavy atom. The van der Waals surface area contributed by atoms with Crippen LogP contribution >= 0.6 is 11.3 Å². The SMILES string of the molecule is c1ccc(-n2c3ccccc3c3cc(N(c4ccc5c(c4)sc4cc6ccccc6cc45)c4ccc(-c5cccc6ccccc56)c5ccccc45)ccc32)cc1. The molecule has 2 aromatic heterocycles. The zero-order valence-electron chi connectivity index (χ0n) is 30.9. The maximum absolute atomic E-state index is 2.48. The van der Waals surface area contributed by atoms with Crippen molar-refractivity contribution < 1.29 is 0 Å². The molecule has 12 aromatic rings. The molecule has 0 spiro atoms. The van der Waals surface area contributed by atoms with E-state index in [9.17, 15) is 0 Å². The van der Waals surface area contributed by atoms with Crippen molar-refractivity contribution in [2.45, 2.75) is 0 Å². The van der Waals surface area contributed by atoms with E-state index in [1.807, 2.05) is 11.3 Å². The van der Waals surface area contributed by atoms with Crippen LogP contribution in [0.1, 0.15) is 0 Å². The Bertz CT molecular complexity index is 3530. The molecule has 3 heteroatoms. The fourth-order valence-corrected chi connectivity index (χ4v) is 10.3. The fourth-order valence-electron chi connectivity index (χ4n) is 9.15. The summed E-state index contributed by atoms with van der Waals surface area (Å²) >= 11 is 1.88. The molecule has 0 atom stereocenters. The minimum atomic E-state index is 1.12. The predicted octanol–water partition coefficient (Wildman–Crippen LogP) is 15.7. The van der Waals surface area contributed by atoms with E-state index in [1.165, 1.54) is 85.4 Å². The maximum atomic E-state index is 2.48. The van der Waals surface area contributed by atoms with Gasteiger partial charge in [-0.05, 0) is 105 Å². The lowest BCUT2D eigenvalue weighted by Crippen LogP contribution is -2.10. The predicted molar refractivity (Wildman–Crippen MR) is 246 cm³/mol. The number of hydrogen-bond donors (Lipinski definition) is 0. The van der Waals surface area contributed by atoms with Crippen LogP contribution < -0.4 is 4.90 Å². The van der Waals surface area contributed by atoms with Crippen LogP contribution in [-0.2, 0) is 0 Å². The number of para-hydroxylation sites is 2. The van der Waals surface area contributed by atoms with Gasteiger partial charge in [0.1, 0.15) is 0 Å². The highest BCUT2D eigenvalue weighted by Gasteiger charge is 2.21. The van der Waals surface area contributed by atoms with Gasteiger partial charge in [-0.1, -0.05) is 140 Å². The van der Waals surface area contributed by atoms with E-state index < -0.39 is 0 Å². The Morgan fingerprint density at radius 2 is 0.947 bits per heavy atom. The van der Waals surface area contributed by atoms with Crippen LogP contribution in [0.15, 0.2) is 206 Å². The first-order valence-electron chi connectivity index (χ1n) is 19.5. The molecule has 0 amide bonds. The van der Waals surface area contributed by atoms with Crippen molar-refractivity contribution in [3.63, 3.8) is 0 Å². The highest BCUT2D eigenvalue weighted by Crippen LogP contribution is 2.47. The van der Waals surface area contributed by atoms with Crippen molar-refractivity contribution in [3.05, 3.63) is 206 Å². The number of thiophene rings is 1. The number of rotatable bonds is 5. The third-order valence-corrected chi connectivity index (χ3v) is 12.8. The Balaban J connectivity index is 1.12. The smallest absolute Gasteiger partial charge is 0.0542 e. The van der Waals surface area contributed by atoms with Gasteiger partial charge in [0.2, 0.25) is 0 Å². The highest BCUT2D eigenvalue weighted by molar-refractivity contribution is 7.26. The lowest BCUT2D eigenvalue weighted by Gasteiger charge is -2.28. The minimum Gasteiger partial charge on any atom is -0.310 e. The number of anilines is 3. The van der Waals surface area contributed by atoms with Crippen LogP contribution in [0.5, 0.6) is 0 Å². The molecular formula is C54H34N2S. The number of fused-ring (bicyclic) bond motifs is 9. The molecule has 0 radical (unpaired) electrons. The largest absolute Gasteiger partial charge is 0.310 e. The van der Waals surface area contributed by atoms with Gasteiger partial charge in [-0.25, -0.2) is 0 Å². The van der Waals surface area contributed by atoms with Gasteiger partial charge in [0.25, 0.3) is 0 Å². The molecule has 0 bridgehead atoms. The van der Waals surface area contributed by atoms with Crippen LogP contribution in [0.25, 0.3) is 91.1 Å². The molecular weight excluding hydrogens is 709 g/mol. The topological polar surface area (TPSA) is 8.17 Å². The van der Waals surface area contributed by atoms with Crippen molar-refractivity contribution in [1.82, 2.24) is 4.57 Å². The second-order valence-electron chi connectivity index (χ2n) is 14.9. The summed E-state index contributed by atoms with van der Waals surface area (Å²) in [4.78, 5) is 2.48. The van der Waals surface area contributed by atoms with Crippen LogP contribution in [-0.4, -0.2) is 4.57 Å². The number of hydrogen-bond acceptors (Lipinski definition) is 2. The van der Waals surface area contributed by atoms with Gasteiger partial charge in [0.15, 0.2) is 0 Å². The second-order valence-corrected chi connectivity index (χ2v) is 16.0. The van der Waals surface area contributed by atoms with Crippen LogP contribution in [0.3, 0.4) is 0 Å². The van der Waals surface area contributed by atoms with E-state index in [2.05, 4.69) is 216 Å². The van der Waals surface area contributed by atoms with E-state index in [-0.39, 0.29) is 0 Å². The number of nitrogens with zero attached hydrogens (tertiary/aromatic N) is 2. The molecule has 0 saturated heterocycles. The quantitative estimate of drug-likeness (QED) is 0.170. The molecule has 57 heavy (non-hydrogen) atoms. The molecule has 0 saturated carbocycles. The zero-order chi connectivity index (χ0) is 37.5. The first-order chi connectivity index (χ1) is 28.3. The zero-order valence-corrected chi connectivity index (χ0v) is 31.7. The lowest BCUT2D eigenvalue weighted by atomic mass is 9.93. The van der Waals surface area contributed by atoms with Crippen molar-refractivity contribution in [1.29, 1.82) is 0 Å². The van der Waals surface area contributed by atoms with Crippen molar-refractivity contribution >= 4 is 103 Å². The van der Waals surface area contributed by atoms with E-state index in [0.717, 1.165) is 22.7 Å². The molecule has 266 valence electrons. The summed E-state index contributed by atoms with van der Waals surface area (Å²) in [6.45, 7) is 0. The van der Waals surface area contributed by atoms with Gasteiger partial charge in [0, 0.05) is 53.4 Å². The summed E-state index contributed by atoms with van der Waals surface area (Å²) in [6.07, 6.45) is 0. The van der Waals surface area contributed by atoms with Crippen molar-refractivity contribution in [2.24, 2.45) is 0 Å². The Labute approximate surface area is 333 Å². The first-order valence-corrected chi connectivity index (χ1v) is 20.3. The Morgan fingerprint density at radius 1 is 0.333 bits per heavy atom. The lowest BCUT2D eigenvalue weighted by molar-refractivity contribution is 1.18.